The predicted octanol–water partition coefficient (Wildman–Crippen LogP) is 1.46. The van der Waals surface area contributed by atoms with Gasteiger partial charge in [0.2, 0.25) is 0 Å². The second-order valence-electron chi connectivity index (χ2n) is 5.10. The number of nitrogens with zero attached hydrogens (tertiary/aromatic N) is 1. The summed E-state index contributed by atoms with van der Waals surface area (Å²) in [7, 11) is 0. The summed E-state index contributed by atoms with van der Waals surface area (Å²) in [6.07, 6.45) is 4.05. The molecule has 2 rings (SSSR count). The Morgan fingerprint density at radius 1 is 1.46 bits per heavy atom. The van der Waals surface area contributed by atoms with Crippen LogP contribution in [0.4, 0.5) is 0 Å². The molecule has 2 heteroatoms. The number of rotatable bonds is 1. The van der Waals surface area contributed by atoms with Crippen LogP contribution >= 0.6 is 0 Å². The maximum absolute atomic E-state index is 5.97. The summed E-state index contributed by atoms with van der Waals surface area (Å²) in [5.74, 6) is 1.66. The summed E-state index contributed by atoms with van der Waals surface area (Å²) in [6.45, 7) is 8.18. The van der Waals surface area contributed by atoms with Crippen molar-refractivity contribution in [3.05, 3.63) is 0 Å². The lowest BCUT2D eigenvalue weighted by molar-refractivity contribution is 0.0193. The van der Waals surface area contributed by atoms with Crippen LogP contribution in [-0.4, -0.2) is 30.1 Å². The third-order valence-electron chi connectivity index (χ3n) is 4.23. The summed E-state index contributed by atoms with van der Waals surface area (Å²) >= 11 is 0. The molecule has 1 unspecified atom stereocenters. The molecule has 2 fully saturated rings. The van der Waals surface area contributed by atoms with Crippen LogP contribution in [0.1, 0.15) is 33.1 Å². The molecule has 0 bridgehead atoms. The van der Waals surface area contributed by atoms with Crippen LogP contribution in [0.15, 0.2) is 0 Å². The molecule has 2 aliphatic rings. The van der Waals surface area contributed by atoms with Crippen LogP contribution in [0.2, 0.25) is 0 Å². The maximum atomic E-state index is 5.97. The smallest absolute Gasteiger partial charge is 0.0357 e. The molecule has 0 amide bonds. The molecule has 3 atom stereocenters. The summed E-state index contributed by atoms with van der Waals surface area (Å²) < 4.78 is 0. The first-order chi connectivity index (χ1) is 6.19. The third-order valence-corrected chi connectivity index (χ3v) is 4.23. The van der Waals surface area contributed by atoms with E-state index in [1.54, 1.807) is 0 Å². The second-order valence-corrected chi connectivity index (χ2v) is 5.10. The Morgan fingerprint density at radius 3 is 2.92 bits per heavy atom. The van der Waals surface area contributed by atoms with Crippen molar-refractivity contribution in [1.29, 1.82) is 0 Å². The molecule has 0 aromatic rings. The molecule has 2 N–H and O–H groups in total. The number of piperidine rings is 1. The molecule has 2 nitrogen and oxygen atoms in total. The van der Waals surface area contributed by atoms with Gasteiger partial charge in [-0.25, -0.2) is 0 Å². The van der Waals surface area contributed by atoms with Crippen LogP contribution in [0.25, 0.3) is 0 Å². The molecule has 2 aliphatic heterocycles. The van der Waals surface area contributed by atoms with E-state index in [0.29, 0.717) is 5.54 Å². The van der Waals surface area contributed by atoms with Crippen LogP contribution in [0, 0.1) is 11.8 Å². The van der Waals surface area contributed by atoms with Gasteiger partial charge in [0.25, 0.3) is 0 Å². The van der Waals surface area contributed by atoms with Gasteiger partial charge in [-0.05, 0) is 37.6 Å². The molecule has 0 aliphatic carbocycles. The predicted molar refractivity (Wildman–Crippen MR) is 55.5 cm³/mol. The van der Waals surface area contributed by atoms with Crippen molar-refractivity contribution in [1.82, 2.24) is 4.90 Å². The minimum absolute atomic E-state index is 0.381. The van der Waals surface area contributed by atoms with E-state index < -0.39 is 0 Å². The summed E-state index contributed by atoms with van der Waals surface area (Å²) in [4.78, 5) is 2.66. The fourth-order valence-electron chi connectivity index (χ4n) is 3.49. The average molecular weight is 182 g/mol. The zero-order valence-corrected chi connectivity index (χ0v) is 8.92. The maximum Gasteiger partial charge on any atom is 0.0357 e. The number of hydrogen-bond acceptors (Lipinski definition) is 2. The highest BCUT2D eigenvalue weighted by Crippen LogP contribution is 2.42. The SMILES string of the molecule is CC1C[C@H](C)CN2CCC[C@@]12CN. The number of fused-ring (bicyclic) bond motifs is 1. The second kappa shape index (κ2) is 3.25. The van der Waals surface area contributed by atoms with E-state index in [0.717, 1.165) is 18.4 Å². The van der Waals surface area contributed by atoms with Gasteiger partial charge in [-0.3, -0.25) is 4.90 Å². The van der Waals surface area contributed by atoms with Crippen molar-refractivity contribution in [3.63, 3.8) is 0 Å². The molecule has 0 spiro atoms. The minimum Gasteiger partial charge on any atom is -0.329 e. The van der Waals surface area contributed by atoms with Gasteiger partial charge in [-0.2, -0.15) is 0 Å². The van der Waals surface area contributed by atoms with E-state index in [4.69, 9.17) is 5.73 Å². The Bertz CT molecular complexity index is 193. The number of nitrogens with two attached hydrogens (primary N) is 1. The highest BCUT2D eigenvalue weighted by atomic mass is 15.2. The monoisotopic (exact) mass is 182 g/mol. The van der Waals surface area contributed by atoms with E-state index in [2.05, 4.69) is 18.7 Å². The van der Waals surface area contributed by atoms with E-state index in [9.17, 15) is 0 Å². The minimum atomic E-state index is 0.381. The first-order valence-electron chi connectivity index (χ1n) is 5.64. The summed E-state index contributed by atoms with van der Waals surface area (Å²) in [5, 5.41) is 0. The van der Waals surface area contributed by atoms with Crippen LogP contribution in [0.5, 0.6) is 0 Å². The topological polar surface area (TPSA) is 29.3 Å². The number of hydrogen-bond donors (Lipinski definition) is 1. The third kappa shape index (κ3) is 1.31. The van der Waals surface area contributed by atoms with Gasteiger partial charge < -0.3 is 5.73 Å². The average Bonchev–Trinajstić information content (AvgIpc) is 2.48. The van der Waals surface area contributed by atoms with Crippen LogP contribution < -0.4 is 5.73 Å². The van der Waals surface area contributed by atoms with E-state index in [-0.39, 0.29) is 0 Å². The van der Waals surface area contributed by atoms with Gasteiger partial charge in [0.15, 0.2) is 0 Å². The molecule has 0 radical (unpaired) electrons. The summed E-state index contributed by atoms with van der Waals surface area (Å²) in [5.41, 5.74) is 6.35. The van der Waals surface area contributed by atoms with Gasteiger partial charge in [-0.1, -0.05) is 13.8 Å². The van der Waals surface area contributed by atoms with Crippen molar-refractivity contribution in [3.8, 4) is 0 Å². The highest BCUT2D eigenvalue weighted by Gasteiger charge is 2.47. The fraction of sp³-hybridized carbons (Fsp3) is 1.00. The first kappa shape index (κ1) is 9.47. The van der Waals surface area contributed by atoms with Gasteiger partial charge in [-0.15, -0.1) is 0 Å². The molecule has 0 aromatic carbocycles. The fourth-order valence-corrected chi connectivity index (χ4v) is 3.49. The van der Waals surface area contributed by atoms with Crippen molar-refractivity contribution < 1.29 is 0 Å². The van der Waals surface area contributed by atoms with E-state index >= 15 is 0 Å². The Hall–Kier alpha value is -0.0800. The Morgan fingerprint density at radius 2 is 2.23 bits per heavy atom. The van der Waals surface area contributed by atoms with Crippen molar-refractivity contribution in [2.75, 3.05) is 19.6 Å². The molecule has 2 saturated heterocycles. The normalized spacial score (nSPS) is 46.4. The molecule has 13 heavy (non-hydrogen) atoms. The van der Waals surface area contributed by atoms with Gasteiger partial charge in [0.05, 0.1) is 0 Å². The zero-order chi connectivity index (χ0) is 9.47. The van der Waals surface area contributed by atoms with Crippen LogP contribution in [-0.2, 0) is 0 Å². The van der Waals surface area contributed by atoms with Gasteiger partial charge in [0, 0.05) is 18.6 Å². The molecule has 0 saturated carbocycles. The lowest BCUT2D eigenvalue weighted by Gasteiger charge is -2.48. The molecule has 76 valence electrons. The highest BCUT2D eigenvalue weighted by molar-refractivity contribution is 5.03. The van der Waals surface area contributed by atoms with Crippen molar-refractivity contribution >= 4 is 0 Å². The molecular weight excluding hydrogens is 160 g/mol. The summed E-state index contributed by atoms with van der Waals surface area (Å²) in [6, 6.07) is 0. The largest absolute Gasteiger partial charge is 0.329 e. The quantitative estimate of drug-likeness (QED) is 0.665. The van der Waals surface area contributed by atoms with Gasteiger partial charge >= 0.3 is 0 Å². The lowest BCUT2D eigenvalue weighted by Crippen LogP contribution is -2.58. The standard InChI is InChI=1S/C11H22N2/c1-9-6-10(2)11(8-12)4-3-5-13(11)7-9/h9-10H,3-8,12H2,1-2H3/t9-,10?,11+/m0/s1. The Balaban J connectivity index is 2.20. The molecule has 0 aromatic heterocycles. The zero-order valence-electron chi connectivity index (χ0n) is 8.92. The molecular formula is C11H22N2. The lowest BCUT2D eigenvalue weighted by atomic mass is 9.74. The van der Waals surface area contributed by atoms with Crippen molar-refractivity contribution in [2.24, 2.45) is 17.6 Å². The van der Waals surface area contributed by atoms with Crippen molar-refractivity contribution in [2.45, 2.75) is 38.6 Å². The Labute approximate surface area is 81.5 Å². The van der Waals surface area contributed by atoms with Gasteiger partial charge in [0.1, 0.15) is 0 Å². The molecule has 2 heterocycles. The van der Waals surface area contributed by atoms with E-state index in [1.807, 2.05) is 0 Å². The Kier molecular flexibility index (Phi) is 2.37. The first-order valence-corrected chi connectivity index (χ1v) is 5.64. The van der Waals surface area contributed by atoms with Crippen LogP contribution in [0.3, 0.4) is 0 Å². The van der Waals surface area contributed by atoms with E-state index in [1.165, 1.54) is 32.4 Å².